The summed E-state index contributed by atoms with van der Waals surface area (Å²) in [6.45, 7) is 5.07. The molecule has 0 amide bonds. The lowest BCUT2D eigenvalue weighted by Crippen LogP contribution is -2.47. The molecule has 1 aliphatic heterocycles. The monoisotopic (exact) mass is 248 g/mol. The van der Waals surface area contributed by atoms with E-state index in [4.69, 9.17) is 5.11 Å². The Morgan fingerprint density at radius 3 is 2.72 bits per heavy atom. The highest BCUT2D eigenvalue weighted by Crippen LogP contribution is 2.28. The van der Waals surface area contributed by atoms with Crippen LogP contribution in [0, 0.1) is 0 Å². The van der Waals surface area contributed by atoms with Crippen molar-refractivity contribution in [1.29, 1.82) is 0 Å². The standard InChI is InChI=1S/C13H20N4O/c18-9-8-16-4-6-17(7-5-16)13-11-2-1-3-12(11)14-10-15-13/h10,18H,1-9H2. The van der Waals surface area contributed by atoms with Crippen molar-refractivity contribution in [2.75, 3.05) is 44.2 Å². The fourth-order valence-electron chi connectivity index (χ4n) is 2.94. The van der Waals surface area contributed by atoms with Crippen molar-refractivity contribution in [3.8, 4) is 0 Å². The first kappa shape index (κ1) is 11.9. The molecular formula is C13H20N4O. The Bertz CT molecular complexity index is 415. The third-order valence-electron chi connectivity index (χ3n) is 3.94. The summed E-state index contributed by atoms with van der Waals surface area (Å²) in [4.78, 5) is 13.5. The smallest absolute Gasteiger partial charge is 0.135 e. The summed E-state index contributed by atoms with van der Waals surface area (Å²) < 4.78 is 0. The number of aliphatic hydroxyl groups excluding tert-OH is 1. The number of fused-ring (bicyclic) bond motifs is 1. The summed E-state index contributed by atoms with van der Waals surface area (Å²) in [6, 6.07) is 0. The van der Waals surface area contributed by atoms with Crippen LogP contribution >= 0.6 is 0 Å². The van der Waals surface area contributed by atoms with Crippen molar-refractivity contribution in [3.05, 3.63) is 17.6 Å². The minimum Gasteiger partial charge on any atom is -0.395 e. The van der Waals surface area contributed by atoms with Crippen LogP contribution in [0.1, 0.15) is 17.7 Å². The van der Waals surface area contributed by atoms with Gasteiger partial charge in [-0.05, 0) is 19.3 Å². The van der Waals surface area contributed by atoms with Crippen molar-refractivity contribution < 1.29 is 5.11 Å². The molecule has 0 unspecified atom stereocenters. The van der Waals surface area contributed by atoms with Gasteiger partial charge in [0.1, 0.15) is 12.1 Å². The number of aryl methyl sites for hydroxylation is 1. The number of aromatic nitrogens is 2. The molecule has 1 aromatic rings. The molecule has 1 saturated heterocycles. The molecule has 1 aliphatic carbocycles. The van der Waals surface area contributed by atoms with Crippen LogP contribution in [0.25, 0.3) is 0 Å². The number of hydrogen-bond donors (Lipinski definition) is 1. The van der Waals surface area contributed by atoms with Gasteiger partial charge in [-0.25, -0.2) is 9.97 Å². The molecule has 0 aromatic carbocycles. The Labute approximate surface area is 107 Å². The first-order valence-corrected chi connectivity index (χ1v) is 6.79. The topological polar surface area (TPSA) is 52.5 Å². The Hall–Kier alpha value is -1.20. The molecule has 98 valence electrons. The maximum Gasteiger partial charge on any atom is 0.135 e. The third kappa shape index (κ3) is 2.20. The Kier molecular flexibility index (Phi) is 3.43. The van der Waals surface area contributed by atoms with E-state index in [-0.39, 0.29) is 6.61 Å². The number of nitrogens with zero attached hydrogens (tertiary/aromatic N) is 4. The maximum atomic E-state index is 8.95. The van der Waals surface area contributed by atoms with E-state index >= 15 is 0 Å². The number of anilines is 1. The zero-order valence-corrected chi connectivity index (χ0v) is 10.7. The first-order valence-electron chi connectivity index (χ1n) is 6.79. The SMILES string of the molecule is OCCN1CCN(c2ncnc3c2CCC3)CC1. The number of aliphatic hydroxyl groups is 1. The van der Waals surface area contributed by atoms with Crippen LogP contribution in [-0.4, -0.2) is 59.3 Å². The van der Waals surface area contributed by atoms with Crippen LogP contribution in [0.4, 0.5) is 5.82 Å². The highest BCUT2D eigenvalue weighted by Gasteiger charge is 2.23. The minimum absolute atomic E-state index is 0.253. The quantitative estimate of drug-likeness (QED) is 0.821. The zero-order valence-electron chi connectivity index (χ0n) is 10.7. The third-order valence-corrected chi connectivity index (χ3v) is 3.94. The van der Waals surface area contributed by atoms with Crippen LogP contribution in [0.2, 0.25) is 0 Å². The van der Waals surface area contributed by atoms with Gasteiger partial charge in [0.15, 0.2) is 0 Å². The molecule has 1 fully saturated rings. The van der Waals surface area contributed by atoms with Gasteiger partial charge in [-0.2, -0.15) is 0 Å². The fourth-order valence-corrected chi connectivity index (χ4v) is 2.94. The normalized spacial score (nSPS) is 20.2. The lowest BCUT2D eigenvalue weighted by molar-refractivity contribution is 0.188. The Balaban J connectivity index is 1.71. The molecule has 1 N–H and O–H groups in total. The summed E-state index contributed by atoms with van der Waals surface area (Å²) in [7, 11) is 0. The van der Waals surface area contributed by atoms with Gasteiger partial charge in [0, 0.05) is 44.0 Å². The second kappa shape index (κ2) is 5.20. The Morgan fingerprint density at radius 2 is 1.94 bits per heavy atom. The summed E-state index contributed by atoms with van der Waals surface area (Å²) in [6.07, 6.45) is 5.16. The summed E-state index contributed by atoms with van der Waals surface area (Å²) in [5.41, 5.74) is 2.62. The molecule has 0 bridgehead atoms. The Morgan fingerprint density at radius 1 is 1.11 bits per heavy atom. The van der Waals surface area contributed by atoms with Crippen molar-refractivity contribution in [3.63, 3.8) is 0 Å². The molecule has 5 nitrogen and oxygen atoms in total. The maximum absolute atomic E-state index is 8.95. The van der Waals surface area contributed by atoms with Gasteiger partial charge in [-0.3, -0.25) is 4.90 Å². The largest absolute Gasteiger partial charge is 0.395 e. The van der Waals surface area contributed by atoms with Gasteiger partial charge in [0.25, 0.3) is 0 Å². The van der Waals surface area contributed by atoms with E-state index < -0.39 is 0 Å². The first-order chi connectivity index (χ1) is 8.88. The minimum atomic E-state index is 0.253. The highest BCUT2D eigenvalue weighted by molar-refractivity contribution is 5.50. The van der Waals surface area contributed by atoms with Crippen LogP contribution in [0.15, 0.2) is 6.33 Å². The molecule has 1 aromatic heterocycles. The van der Waals surface area contributed by atoms with Gasteiger partial charge in [0.05, 0.1) is 6.61 Å². The molecule has 0 spiro atoms. The number of rotatable bonds is 3. The molecule has 0 radical (unpaired) electrons. The van der Waals surface area contributed by atoms with E-state index in [1.165, 1.54) is 17.7 Å². The van der Waals surface area contributed by atoms with Gasteiger partial charge >= 0.3 is 0 Å². The van der Waals surface area contributed by atoms with Crippen molar-refractivity contribution >= 4 is 5.82 Å². The summed E-state index contributed by atoms with van der Waals surface area (Å²) >= 11 is 0. The van der Waals surface area contributed by atoms with Crippen LogP contribution in [-0.2, 0) is 12.8 Å². The molecule has 2 heterocycles. The van der Waals surface area contributed by atoms with Crippen molar-refractivity contribution in [1.82, 2.24) is 14.9 Å². The van der Waals surface area contributed by atoms with Crippen LogP contribution < -0.4 is 4.90 Å². The van der Waals surface area contributed by atoms with Crippen molar-refractivity contribution in [2.45, 2.75) is 19.3 Å². The second-order valence-corrected chi connectivity index (χ2v) is 5.03. The van der Waals surface area contributed by atoms with Crippen LogP contribution in [0.3, 0.4) is 0 Å². The lowest BCUT2D eigenvalue weighted by Gasteiger charge is -2.35. The average molecular weight is 248 g/mol. The average Bonchev–Trinajstić information content (AvgIpc) is 2.88. The van der Waals surface area contributed by atoms with E-state index in [1.807, 2.05) is 0 Å². The lowest BCUT2D eigenvalue weighted by atomic mass is 10.2. The zero-order chi connectivity index (χ0) is 12.4. The van der Waals surface area contributed by atoms with Gasteiger partial charge in [0.2, 0.25) is 0 Å². The summed E-state index contributed by atoms with van der Waals surface area (Å²) in [5.74, 6) is 1.15. The number of hydrogen-bond acceptors (Lipinski definition) is 5. The molecule has 0 saturated carbocycles. The number of β-amino-alcohol motifs (C(OH)–C–C–N with tert-alkyl or cyclic N) is 1. The molecule has 3 rings (SSSR count). The summed E-state index contributed by atoms with van der Waals surface area (Å²) in [5, 5.41) is 8.95. The number of piperazine rings is 1. The van der Waals surface area contributed by atoms with E-state index in [2.05, 4.69) is 19.8 Å². The predicted molar refractivity (Wildman–Crippen MR) is 69.8 cm³/mol. The van der Waals surface area contributed by atoms with E-state index in [1.54, 1.807) is 6.33 Å². The van der Waals surface area contributed by atoms with E-state index in [0.717, 1.165) is 51.4 Å². The van der Waals surface area contributed by atoms with E-state index in [0.29, 0.717) is 0 Å². The second-order valence-electron chi connectivity index (χ2n) is 5.03. The molecule has 18 heavy (non-hydrogen) atoms. The highest BCUT2D eigenvalue weighted by atomic mass is 16.3. The van der Waals surface area contributed by atoms with Crippen molar-refractivity contribution in [2.24, 2.45) is 0 Å². The van der Waals surface area contributed by atoms with Crippen LogP contribution in [0.5, 0.6) is 0 Å². The molecule has 0 atom stereocenters. The molecular weight excluding hydrogens is 228 g/mol. The fraction of sp³-hybridized carbons (Fsp3) is 0.692. The predicted octanol–water partition coefficient (Wildman–Crippen LogP) is 0.0796. The van der Waals surface area contributed by atoms with Gasteiger partial charge in [-0.1, -0.05) is 0 Å². The molecule has 2 aliphatic rings. The van der Waals surface area contributed by atoms with E-state index in [9.17, 15) is 0 Å². The van der Waals surface area contributed by atoms with Gasteiger partial charge < -0.3 is 10.0 Å². The van der Waals surface area contributed by atoms with Gasteiger partial charge in [-0.15, -0.1) is 0 Å². The molecule has 5 heteroatoms.